The highest BCUT2D eigenvalue weighted by Gasteiger charge is 2.47. The summed E-state index contributed by atoms with van der Waals surface area (Å²) in [5, 5.41) is 15.1. The van der Waals surface area contributed by atoms with Crippen molar-refractivity contribution < 1.29 is 18.0 Å². The number of piperidine rings is 2. The van der Waals surface area contributed by atoms with Crippen LogP contribution in [-0.2, 0) is 16.8 Å². The maximum atomic E-state index is 12.4. The van der Waals surface area contributed by atoms with Gasteiger partial charge in [0.2, 0.25) is 0 Å². The van der Waals surface area contributed by atoms with E-state index in [1.54, 1.807) is 14.1 Å². The minimum absolute atomic E-state index is 0.104. The molecule has 0 aromatic carbocycles. The lowest BCUT2D eigenvalue weighted by Gasteiger charge is -2.49. The molecule has 2 saturated heterocycles. The maximum Gasteiger partial charge on any atom is 0.281 e. The van der Waals surface area contributed by atoms with Gasteiger partial charge in [-0.15, -0.1) is 0 Å². The summed E-state index contributed by atoms with van der Waals surface area (Å²) in [4.78, 5) is 2.22. The Morgan fingerprint density at radius 3 is 2.65 bits per heavy atom. The van der Waals surface area contributed by atoms with Gasteiger partial charge in [-0.2, -0.15) is 17.0 Å². The van der Waals surface area contributed by atoms with Gasteiger partial charge in [0.1, 0.15) is 0 Å². The van der Waals surface area contributed by atoms with E-state index in [9.17, 15) is 13.5 Å². The largest absolute Gasteiger partial charge is 0.389 e. The van der Waals surface area contributed by atoms with Crippen molar-refractivity contribution in [2.24, 2.45) is 5.92 Å². The maximum absolute atomic E-state index is 12.4. The molecule has 1 aromatic rings. The molecule has 26 heavy (non-hydrogen) atoms. The predicted octanol–water partition coefficient (Wildman–Crippen LogP) is 0.863. The topological polar surface area (TPSA) is 90.1 Å². The Bertz CT molecular complexity index is 733. The molecule has 2 aliphatic rings. The molecule has 0 unspecified atom stereocenters. The molecule has 0 bridgehead atoms. The number of hydrogen-bond donors (Lipinski definition) is 1. The van der Waals surface area contributed by atoms with E-state index in [1.807, 2.05) is 6.07 Å². The monoisotopic (exact) mass is 386 g/mol. The fourth-order valence-electron chi connectivity index (χ4n) is 3.82. The van der Waals surface area contributed by atoms with Crippen LogP contribution in [0.5, 0.6) is 0 Å². The Morgan fingerprint density at radius 1 is 1.35 bits per heavy atom. The van der Waals surface area contributed by atoms with Crippen LogP contribution in [0, 0.1) is 5.92 Å². The van der Waals surface area contributed by atoms with Gasteiger partial charge in [0, 0.05) is 52.3 Å². The Labute approximate surface area is 155 Å². The molecule has 1 N–H and O–H groups in total. The highest BCUT2D eigenvalue weighted by molar-refractivity contribution is 7.86. The van der Waals surface area contributed by atoms with Crippen LogP contribution in [0.25, 0.3) is 0 Å². The highest BCUT2D eigenvalue weighted by atomic mass is 32.2. The smallest absolute Gasteiger partial charge is 0.281 e. The summed E-state index contributed by atoms with van der Waals surface area (Å²) in [7, 11) is -0.369. The first-order valence-corrected chi connectivity index (χ1v) is 10.6. The van der Waals surface area contributed by atoms with Crippen molar-refractivity contribution in [2.45, 2.75) is 44.8 Å². The first kappa shape index (κ1) is 19.8. The Morgan fingerprint density at radius 2 is 2.04 bits per heavy atom. The van der Waals surface area contributed by atoms with Crippen molar-refractivity contribution in [3.8, 4) is 0 Å². The van der Waals surface area contributed by atoms with Crippen LogP contribution in [0.3, 0.4) is 0 Å². The summed E-state index contributed by atoms with van der Waals surface area (Å²) >= 11 is 0. The standard InChI is InChI=1S/C17H30N4O4S/c1-13(2)16-9-15(25-18-16)12-20-7-5-17(22)6-8-21(11-14(17)10-20)26(23,24)19(3)4/h9,13-14,22H,5-8,10-12H2,1-4H3/t14-,17-/m1/s1. The molecule has 2 fully saturated rings. The van der Waals surface area contributed by atoms with Gasteiger partial charge in [0.25, 0.3) is 10.2 Å². The number of rotatable bonds is 5. The van der Waals surface area contributed by atoms with Crippen LogP contribution >= 0.6 is 0 Å². The number of nitrogens with zero attached hydrogens (tertiary/aromatic N) is 4. The van der Waals surface area contributed by atoms with E-state index in [1.165, 1.54) is 8.61 Å². The van der Waals surface area contributed by atoms with Crippen molar-refractivity contribution in [1.29, 1.82) is 0 Å². The molecular weight excluding hydrogens is 356 g/mol. The first-order valence-electron chi connectivity index (χ1n) is 9.19. The second-order valence-electron chi connectivity index (χ2n) is 8.06. The first-order chi connectivity index (χ1) is 12.1. The quantitative estimate of drug-likeness (QED) is 0.807. The zero-order chi connectivity index (χ0) is 19.1. The zero-order valence-corrected chi connectivity index (χ0v) is 16.9. The van der Waals surface area contributed by atoms with Crippen LogP contribution < -0.4 is 0 Å². The molecule has 9 heteroatoms. The number of likely N-dealkylation sites (tertiary alicyclic amines) is 1. The lowest BCUT2D eigenvalue weighted by atomic mass is 9.76. The number of aliphatic hydroxyl groups is 1. The van der Waals surface area contributed by atoms with Gasteiger partial charge in [-0.05, 0) is 18.8 Å². The second-order valence-corrected chi connectivity index (χ2v) is 10.2. The summed E-state index contributed by atoms with van der Waals surface area (Å²) < 4.78 is 33.0. The normalized spacial score (nSPS) is 28.7. The van der Waals surface area contributed by atoms with Gasteiger partial charge in [-0.25, -0.2) is 0 Å². The van der Waals surface area contributed by atoms with Gasteiger partial charge in [-0.1, -0.05) is 19.0 Å². The van der Waals surface area contributed by atoms with Crippen LogP contribution in [0.1, 0.15) is 44.1 Å². The average molecular weight is 387 g/mol. The van der Waals surface area contributed by atoms with Crippen LogP contribution in [-0.4, -0.2) is 78.1 Å². The fraction of sp³-hybridized carbons (Fsp3) is 0.824. The van der Waals surface area contributed by atoms with E-state index in [2.05, 4.69) is 23.9 Å². The SMILES string of the molecule is CC(C)c1cc(CN2CC[C@@]3(O)CCN(S(=O)(=O)N(C)C)C[C@H]3C2)on1. The number of hydrogen-bond acceptors (Lipinski definition) is 6. The minimum Gasteiger partial charge on any atom is -0.389 e. The van der Waals surface area contributed by atoms with Crippen molar-refractivity contribution in [1.82, 2.24) is 18.7 Å². The fourth-order valence-corrected chi connectivity index (χ4v) is 4.97. The van der Waals surface area contributed by atoms with Gasteiger partial charge >= 0.3 is 0 Å². The van der Waals surface area contributed by atoms with Crippen molar-refractivity contribution in [3.63, 3.8) is 0 Å². The molecule has 148 valence electrons. The summed E-state index contributed by atoms with van der Waals surface area (Å²) in [5.74, 6) is 1.03. The molecule has 0 radical (unpaired) electrons. The lowest BCUT2D eigenvalue weighted by molar-refractivity contribution is -0.104. The Kier molecular flexibility index (Phi) is 5.47. The molecule has 0 saturated carbocycles. The van der Waals surface area contributed by atoms with Gasteiger partial charge in [-0.3, -0.25) is 4.90 Å². The molecule has 0 aliphatic carbocycles. The third kappa shape index (κ3) is 3.82. The molecule has 8 nitrogen and oxygen atoms in total. The number of aromatic nitrogens is 1. The van der Waals surface area contributed by atoms with Gasteiger partial charge in [0.15, 0.2) is 5.76 Å². The van der Waals surface area contributed by atoms with Crippen molar-refractivity contribution in [2.75, 3.05) is 40.3 Å². The Hall–Kier alpha value is -1.00. The van der Waals surface area contributed by atoms with E-state index in [0.29, 0.717) is 44.9 Å². The predicted molar refractivity (Wildman–Crippen MR) is 97.7 cm³/mol. The van der Waals surface area contributed by atoms with E-state index in [0.717, 1.165) is 18.0 Å². The lowest BCUT2D eigenvalue weighted by Crippen LogP contribution is -2.61. The second kappa shape index (κ2) is 7.20. The molecule has 3 heterocycles. The van der Waals surface area contributed by atoms with Crippen LogP contribution in [0.15, 0.2) is 10.6 Å². The molecule has 2 atom stereocenters. The molecular formula is C17H30N4O4S. The number of fused-ring (bicyclic) bond motifs is 1. The summed E-state index contributed by atoms with van der Waals surface area (Å²) in [6.07, 6.45) is 1.14. The van der Waals surface area contributed by atoms with Gasteiger partial charge in [0.05, 0.1) is 17.8 Å². The molecule has 1 aromatic heterocycles. The Balaban J connectivity index is 1.68. The molecule has 0 spiro atoms. The molecule has 0 amide bonds. The molecule has 3 rings (SSSR count). The van der Waals surface area contributed by atoms with Crippen molar-refractivity contribution >= 4 is 10.2 Å². The highest BCUT2D eigenvalue weighted by Crippen LogP contribution is 2.37. The van der Waals surface area contributed by atoms with Crippen molar-refractivity contribution in [3.05, 3.63) is 17.5 Å². The summed E-state index contributed by atoms with van der Waals surface area (Å²) in [5.41, 5.74) is 0.161. The van der Waals surface area contributed by atoms with E-state index in [4.69, 9.17) is 4.52 Å². The van der Waals surface area contributed by atoms with E-state index >= 15 is 0 Å². The average Bonchev–Trinajstić information content (AvgIpc) is 3.03. The minimum atomic E-state index is -3.45. The third-order valence-corrected chi connectivity index (χ3v) is 7.56. The van der Waals surface area contributed by atoms with Crippen LogP contribution in [0.4, 0.5) is 0 Å². The zero-order valence-electron chi connectivity index (χ0n) is 16.1. The summed E-state index contributed by atoms with van der Waals surface area (Å²) in [6, 6.07) is 1.98. The van der Waals surface area contributed by atoms with E-state index < -0.39 is 15.8 Å². The third-order valence-electron chi connectivity index (χ3n) is 5.65. The van der Waals surface area contributed by atoms with E-state index in [-0.39, 0.29) is 5.92 Å². The molecule has 2 aliphatic heterocycles. The van der Waals surface area contributed by atoms with Gasteiger partial charge < -0.3 is 9.63 Å². The summed E-state index contributed by atoms with van der Waals surface area (Å²) in [6.45, 7) is 6.91. The van der Waals surface area contributed by atoms with Crippen LogP contribution in [0.2, 0.25) is 0 Å².